The normalized spacial score (nSPS) is 28.0. The van der Waals surface area contributed by atoms with Crippen molar-refractivity contribution in [2.45, 2.75) is 65.6 Å². The molecule has 1 N–H and O–H groups in total. The van der Waals surface area contributed by atoms with Gasteiger partial charge in [-0.05, 0) is 33.6 Å². The van der Waals surface area contributed by atoms with Crippen LogP contribution in [0.5, 0.6) is 0 Å². The zero-order valence-corrected chi connectivity index (χ0v) is 11.7. The summed E-state index contributed by atoms with van der Waals surface area (Å²) in [6.07, 6.45) is 0.878. The Morgan fingerprint density at radius 1 is 1.35 bits per heavy atom. The molecule has 1 fully saturated rings. The van der Waals surface area contributed by atoms with Crippen molar-refractivity contribution in [2.75, 3.05) is 0 Å². The number of carbonyl (C=O) groups is 2. The zero-order valence-electron chi connectivity index (χ0n) is 11.7. The van der Waals surface area contributed by atoms with Crippen LogP contribution in [-0.2, 0) is 9.59 Å². The molecule has 3 atom stereocenters. The van der Waals surface area contributed by atoms with E-state index >= 15 is 0 Å². The molecule has 4 heteroatoms. The molecule has 0 saturated carbocycles. The molecule has 98 valence electrons. The molecule has 1 saturated heterocycles. The largest absolute Gasteiger partial charge is 0.342 e. The first-order valence-corrected chi connectivity index (χ1v) is 6.33. The molecule has 0 spiro atoms. The van der Waals surface area contributed by atoms with E-state index in [1.807, 2.05) is 34.6 Å². The van der Waals surface area contributed by atoms with Gasteiger partial charge in [0.05, 0.1) is 0 Å². The molecule has 0 aromatic rings. The lowest BCUT2D eigenvalue weighted by Crippen LogP contribution is -2.68. The van der Waals surface area contributed by atoms with Crippen LogP contribution in [0.2, 0.25) is 0 Å². The molecule has 0 radical (unpaired) electrons. The van der Waals surface area contributed by atoms with E-state index in [9.17, 15) is 9.59 Å². The van der Waals surface area contributed by atoms with Crippen molar-refractivity contribution in [1.82, 2.24) is 10.2 Å². The summed E-state index contributed by atoms with van der Waals surface area (Å²) in [5.74, 6) is 0.160. The van der Waals surface area contributed by atoms with Crippen LogP contribution in [0.1, 0.15) is 48.0 Å². The molecule has 0 aromatic carbocycles. The molecular formula is C13H24N2O2. The Hall–Kier alpha value is -1.06. The highest BCUT2D eigenvalue weighted by molar-refractivity contribution is 5.97. The molecule has 0 bridgehead atoms. The molecule has 17 heavy (non-hydrogen) atoms. The van der Waals surface area contributed by atoms with Crippen LogP contribution < -0.4 is 5.32 Å². The van der Waals surface area contributed by atoms with Gasteiger partial charge in [-0.2, -0.15) is 0 Å². The number of piperazine rings is 1. The van der Waals surface area contributed by atoms with Crippen LogP contribution in [0, 0.1) is 5.92 Å². The van der Waals surface area contributed by atoms with E-state index in [2.05, 4.69) is 5.32 Å². The van der Waals surface area contributed by atoms with Gasteiger partial charge in [0.2, 0.25) is 11.8 Å². The number of hydrogen-bond acceptors (Lipinski definition) is 2. The minimum absolute atomic E-state index is 0.0407. The highest BCUT2D eigenvalue weighted by atomic mass is 16.2. The average Bonchev–Trinajstić information content (AvgIpc) is 2.20. The van der Waals surface area contributed by atoms with Gasteiger partial charge in [-0.3, -0.25) is 9.59 Å². The smallest absolute Gasteiger partial charge is 0.246 e. The summed E-state index contributed by atoms with van der Waals surface area (Å²) < 4.78 is 0. The summed E-state index contributed by atoms with van der Waals surface area (Å²) >= 11 is 0. The summed E-state index contributed by atoms with van der Waals surface area (Å²) in [6.45, 7) is 11.7. The van der Waals surface area contributed by atoms with Gasteiger partial charge in [0.15, 0.2) is 0 Å². The van der Waals surface area contributed by atoms with Gasteiger partial charge in [0.1, 0.15) is 12.1 Å². The number of nitrogens with one attached hydrogen (secondary N) is 1. The topological polar surface area (TPSA) is 49.4 Å². The number of carbonyl (C=O) groups excluding carboxylic acids is 2. The fraction of sp³-hybridized carbons (Fsp3) is 0.846. The summed E-state index contributed by atoms with van der Waals surface area (Å²) in [7, 11) is 0. The Bertz CT molecular complexity index is 320. The first-order chi connectivity index (χ1) is 7.70. The molecule has 1 rings (SSSR count). The molecule has 2 amide bonds. The van der Waals surface area contributed by atoms with Crippen LogP contribution in [-0.4, -0.2) is 34.3 Å². The summed E-state index contributed by atoms with van der Waals surface area (Å²) in [6, 6.07) is -0.759. The van der Waals surface area contributed by atoms with E-state index in [0.29, 0.717) is 0 Å². The minimum Gasteiger partial charge on any atom is -0.342 e. The van der Waals surface area contributed by atoms with Gasteiger partial charge in [-0.15, -0.1) is 0 Å². The van der Waals surface area contributed by atoms with E-state index in [4.69, 9.17) is 0 Å². The number of hydrogen-bond donors (Lipinski definition) is 1. The summed E-state index contributed by atoms with van der Waals surface area (Å²) in [4.78, 5) is 26.1. The number of nitrogens with zero attached hydrogens (tertiary/aromatic N) is 1. The Kier molecular flexibility index (Phi) is 3.84. The van der Waals surface area contributed by atoms with Gasteiger partial charge in [-0.25, -0.2) is 0 Å². The predicted molar refractivity (Wildman–Crippen MR) is 67.4 cm³/mol. The molecule has 3 unspecified atom stereocenters. The number of rotatable bonds is 2. The Morgan fingerprint density at radius 2 is 1.88 bits per heavy atom. The van der Waals surface area contributed by atoms with E-state index in [1.54, 1.807) is 11.8 Å². The van der Waals surface area contributed by atoms with Crippen molar-refractivity contribution in [3.63, 3.8) is 0 Å². The van der Waals surface area contributed by atoms with E-state index in [-0.39, 0.29) is 35.4 Å². The van der Waals surface area contributed by atoms with Gasteiger partial charge in [0.25, 0.3) is 0 Å². The van der Waals surface area contributed by atoms with E-state index < -0.39 is 0 Å². The second-order valence-electron chi connectivity index (χ2n) is 5.93. The second-order valence-corrected chi connectivity index (χ2v) is 5.93. The third-order valence-corrected chi connectivity index (χ3v) is 3.50. The van der Waals surface area contributed by atoms with Crippen molar-refractivity contribution in [3.8, 4) is 0 Å². The summed E-state index contributed by atoms with van der Waals surface area (Å²) in [5, 5.41) is 2.84. The van der Waals surface area contributed by atoms with Gasteiger partial charge < -0.3 is 10.2 Å². The third-order valence-electron chi connectivity index (χ3n) is 3.50. The third kappa shape index (κ3) is 2.61. The standard InChI is InChI=1S/C13H24N2O2/c1-7-8(2)10-12(17)15(13(4,5)6)9(3)11(16)14-10/h8-10H,7H2,1-6H3,(H,14,16). The lowest BCUT2D eigenvalue weighted by Gasteiger charge is -2.46. The predicted octanol–water partition coefficient (Wildman–Crippen LogP) is 1.55. The first-order valence-electron chi connectivity index (χ1n) is 6.33. The molecule has 1 aliphatic rings. The fourth-order valence-corrected chi connectivity index (χ4v) is 2.33. The van der Waals surface area contributed by atoms with Gasteiger partial charge >= 0.3 is 0 Å². The maximum Gasteiger partial charge on any atom is 0.246 e. The van der Waals surface area contributed by atoms with Crippen molar-refractivity contribution in [3.05, 3.63) is 0 Å². The first kappa shape index (κ1) is 14.0. The van der Waals surface area contributed by atoms with Gasteiger partial charge in [-0.1, -0.05) is 20.3 Å². The second kappa shape index (κ2) is 4.67. The number of amides is 2. The monoisotopic (exact) mass is 240 g/mol. The van der Waals surface area contributed by atoms with Crippen LogP contribution >= 0.6 is 0 Å². The van der Waals surface area contributed by atoms with Crippen LogP contribution in [0.4, 0.5) is 0 Å². The van der Waals surface area contributed by atoms with Crippen LogP contribution in [0.15, 0.2) is 0 Å². The lowest BCUT2D eigenvalue weighted by atomic mass is 9.91. The highest BCUT2D eigenvalue weighted by Gasteiger charge is 2.44. The maximum atomic E-state index is 12.4. The van der Waals surface area contributed by atoms with Gasteiger partial charge in [0, 0.05) is 5.54 Å². The molecular weight excluding hydrogens is 216 g/mol. The van der Waals surface area contributed by atoms with Crippen LogP contribution in [0.3, 0.4) is 0 Å². The molecule has 0 aliphatic carbocycles. The highest BCUT2D eigenvalue weighted by Crippen LogP contribution is 2.24. The zero-order chi connectivity index (χ0) is 13.4. The van der Waals surface area contributed by atoms with Crippen molar-refractivity contribution >= 4 is 11.8 Å². The maximum absolute atomic E-state index is 12.4. The minimum atomic E-state index is -0.386. The van der Waals surface area contributed by atoms with E-state index in [1.165, 1.54) is 0 Å². The van der Waals surface area contributed by atoms with E-state index in [0.717, 1.165) is 6.42 Å². The SMILES string of the molecule is CCC(C)C1NC(=O)C(C)N(C(C)(C)C)C1=O. The molecule has 0 aromatic heterocycles. The van der Waals surface area contributed by atoms with Crippen LogP contribution in [0.25, 0.3) is 0 Å². The molecule has 1 heterocycles. The quantitative estimate of drug-likeness (QED) is 0.796. The summed E-state index contributed by atoms with van der Waals surface area (Å²) in [5.41, 5.74) is -0.319. The Labute approximate surface area is 104 Å². The van der Waals surface area contributed by atoms with Crippen molar-refractivity contribution in [1.29, 1.82) is 0 Å². The lowest BCUT2D eigenvalue weighted by molar-refractivity contribution is -0.155. The molecule has 4 nitrogen and oxygen atoms in total. The molecule has 1 aliphatic heterocycles. The Morgan fingerprint density at radius 3 is 2.29 bits per heavy atom. The van der Waals surface area contributed by atoms with Crippen molar-refractivity contribution in [2.24, 2.45) is 5.92 Å². The average molecular weight is 240 g/mol. The Balaban J connectivity index is 3.04. The van der Waals surface area contributed by atoms with Crippen molar-refractivity contribution < 1.29 is 9.59 Å². The fourth-order valence-electron chi connectivity index (χ4n) is 2.33.